The lowest BCUT2D eigenvalue weighted by molar-refractivity contribution is -0.139. The summed E-state index contributed by atoms with van der Waals surface area (Å²) >= 11 is 0. The number of benzene rings is 1. The van der Waals surface area contributed by atoms with E-state index in [-0.39, 0.29) is 42.4 Å². The molecule has 0 aliphatic heterocycles. The van der Waals surface area contributed by atoms with Crippen molar-refractivity contribution in [1.82, 2.24) is 34.2 Å². The average molecular weight is 599 g/mol. The number of carbonyl (C=O) groups excluding carboxylic acids is 2. The number of unbranched alkanes of at least 4 members (excludes halogenated alkanes) is 1. The monoisotopic (exact) mass is 598 g/mol. The van der Waals surface area contributed by atoms with Gasteiger partial charge >= 0.3 is 17.7 Å². The molecule has 3 rings (SSSR count). The fourth-order valence-electron chi connectivity index (χ4n) is 4.61. The number of hydrogen-bond donors (Lipinski definition) is 2. The highest BCUT2D eigenvalue weighted by atomic mass is 16.5. The molecule has 0 saturated heterocycles. The van der Waals surface area contributed by atoms with Crippen LogP contribution >= 0.6 is 0 Å². The molecule has 0 aliphatic rings. The first-order chi connectivity index (χ1) is 20.6. The predicted octanol–water partition coefficient (Wildman–Crippen LogP) is 1.90. The van der Waals surface area contributed by atoms with E-state index in [1.165, 1.54) is 11.7 Å². The molecule has 3 N–H and O–H groups in total. The van der Waals surface area contributed by atoms with Crippen LogP contribution in [-0.2, 0) is 33.8 Å². The normalized spacial score (nSPS) is 11.4. The number of rotatable bonds is 18. The summed E-state index contributed by atoms with van der Waals surface area (Å²) in [6, 6.07) is 7.72. The van der Waals surface area contributed by atoms with Crippen molar-refractivity contribution in [3.8, 4) is 6.01 Å². The Labute approximate surface area is 253 Å². The number of imidazole rings is 1. The van der Waals surface area contributed by atoms with Crippen molar-refractivity contribution in [2.45, 2.75) is 52.1 Å². The lowest BCUT2D eigenvalue weighted by Gasteiger charge is -2.26. The summed E-state index contributed by atoms with van der Waals surface area (Å²) in [6.07, 6.45) is 3.47. The van der Waals surface area contributed by atoms with E-state index in [1.807, 2.05) is 50.3 Å². The van der Waals surface area contributed by atoms with Crippen molar-refractivity contribution in [2.75, 3.05) is 66.8 Å². The van der Waals surface area contributed by atoms with Crippen molar-refractivity contribution in [1.29, 1.82) is 0 Å². The molecule has 0 atom stereocenters. The molecule has 43 heavy (non-hydrogen) atoms. The number of nitrogens with two attached hydrogens (primary N) is 1. The molecule has 0 aliphatic carbocycles. The topological polar surface area (TPSA) is 152 Å². The van der Waals surface area contributed by atoms with Gasteiger partial charge in [0.1, 0.15) is 5.52 Å². The number of likely N-dealkylation sites (N-methyl/N-ethyl adjacent to an activating group) is 1. The Hall–Kier alpha value is -3.97. The minimum Gasteiger partial charge on any atom is -0.469 e. The highest BCUT2D eigenvalue weighted by Gasteiger charge is 2.19. The van der Waals surface area contributed by atoms with Crippen molar-refractivity contribution < 1.29 is 19.1 Å². The molecule has 2 aromatic heterocycles. The first-order valence-corrected chi connectivity index (χ1v) is 14.8. The number of nitrogen functional groups attached to an aromatic ring is 1. The van der Waals surface area contributed by atoms with Crippen LogP contribution in [0.5, 0.6) is 6.01 Å². The number of hydrogen-bond acceptors (Lipinski definition) is 10. The van der Waals surface area contributed by atoms with Crippen molar-refractivity contribution in [3.05, 3.63) is 45.9 Å². The fourth-order valence-corrected chi connectivity index (χ4v) is 4.61. The number of amides is 1. The number of fused-ring (bicyclic) bond motifs is 1. The Balaban J connectivity index is 1.73. The molecule has 2 heterocycles. The van der Waals surface area contributed by atoms with E-state index in [2.05, 4.69) is 26.8 Å². The van der Waals surface area contributed by atoms with Gasteiger partial charge in [-0.3, -0.25) is 19.1 Å². The first-order valence-electron chi connectivity index (χ1n) is 14.8. The molecule has 236 valence electrons. The zero-order chi connectivity index (χ0) is 31.4. The third-order valence-electron chi connectivity index (χ3n) is 7.04. The van der Waals surface area contributed by atoms with Crippen LogP contribution in [0.15, 0.2) is 29.1 Å². The molecule has 0 bridgehead atoms. The van der Waals surface area contributed by atoms with E-state index in [0.29, 0.717) is 43.8 Å². The van der Waals surface area contributed by atoms with Gasteiger partial charge in [0.15, 0.2) is 11.5 Å². The summed E-state index contributed by atoms with van der Waals surface area (Å²) in [4.78, 5) is 55.2. The molecule has 0 spiro atoms. The largest absolute Gasteiger partial charge is 0.469 e. The van der Waals surface area contributed by atoms with E-state index in [4.69, 9.17) is 15.2 Å². The van der Waals surface area contributed by atoms with Gasteiger partial charge in [-0.25, -0.2) is 4.79 Å². The van der Waals surface area contributed by atoms with Gasteiger partial charge in [-0.2, -0.15) is 9.97 Å². The lowest BCUT2D eigenvalue weighted by atomic mass is 10.1. The summed E-state index contributed by atoms with van der Waals surface area (Å²) in [5.74, 6) is -0.159. The summed E-state index contributed by atoms with van der Waals surface area (Å²) in [5, 5.41) is 0. The second-order valence-electron chi connectivity index (χ2n) is 11.0. The number of ether oxygens (including phenoxy) is 2. The number of carbonyl (C=O) groups is 2. The van der Waals surface area contributed by atoms with E-state index < -0.39 is 0 Å². The van der Waals surface area contributed by atoms with E-state index in [9.17, 15) is 14.4 Å². The number of aryl methyl sites for hydroxylation is 1. The van der Waals surface area contributed by atoms with Crippen LogP contribution in [0.3, 0.4) is 0 Å². The summed E-state index contributed by atoms with van der Waals surface area (Å²) in [5.41, 5.74) is 8.27. The molecule has 1 aromatic carbocycles. The van der Waals surface area contributed by atoms with Gasteiger partial charge in [0.25, 0.3) is 0 Å². The van der Waals surface area contributed by atoms with Crippen LogP contribution in [0.2, 0.25) is 0 Å². The minimum absolute atomic E-state index is 0.00422. The molecule has 0 saturated carbocycles. The maximum atomic E-state index is 13.5. The Morgan fingerprint density at radius 3 is 2.40 bits per heavy atom. The second-order valence-corrected chi connectivity index (χ2v) is 11.0. The van der Waals surface area contributed by atoms with Crippen LogP contribution in [0, 0.1) is 0 Å². The number of H-pyrrole nitrogens is 1. The lowest BCUT2D eigenvalue weighted by Crippen LogP contribution is -2.40. The summed E-state index contributed by atoms with van der Waals surface area (Å²) in [7, 11) is 7.37. The third kappa shape index (κ3) is 10.4. The number of anilines is 1. The standard InChI is InChI=1S/C30H46N8O5/c1-6-7-18-43-29-33-27(31)26-28(34-29)38(30(41)32-26)17-9-16-37(24(39)21-36(4)15-8-14-35(2)3)20-23-12-10-22(11-13-23)19-25(40)42-5/h10-13H,6-9,14-21H2,1-5H3,(H,32,41)(H2,31,33,34). The number of methoxy groups -OCH3 is 1. The fraction of sp³-hybridized carbons (Fsp3) is 0.567. The number of nitrogens with zero attached hydrogens (tertiary/aromatic N) is 6. The molecule has 13 nitrogen and oxygen atoms in total. The molecule has 0 radical (unpaired) electrons. The highest BCUT2D eigenvalue weighted by Crippen LogP contribution is 2.18. The van der Waals surface area contributed by atoms with Gasteiger partial charge in [-0.05, 0) is 64.6 Å². The Morgan fingerprint density at radius 1 is 1.00 bits per heavy atom. The number of aromatic amines is 1. The van der Waals surface area contributed by atoms with E-state index >= 15 is 0 Å². The van der Waals surface area contributed by atoms with Gasteiger partial charge in [0.2, 0.25) is 5.91 Å². The van der Waals surface area contributed by atoms with E-state index in [0.717, 1.165) is 43.5 Å². The Morgan fingerprint density at radius 2 is 1.72 bits per heavy atom. The summed E-state index contributed by atoms with van der Waals surface area (Å²) < 4.78 is 11.9. The third-order valence-corrected chi connectivity index (χ3v) is 7.04. The van der Waals surface area contributed by atoms with Crippen LogP contribution < -0.4 is 16.2 Å². The van der Waals surface area contributed by atoms with Crippen LogP contribution in [0.25, 0.3) is 11.2 Å². The number of esters is 1. The zero-order valence-electron chi connectivity index (χ0n) is 26.1. The zero-order valence-corrected chi connectivity index (χ0v) is 26.1. The molecular weight excluding hydrogens is 552 g/mol. The molecule has 3 aromatic rings. The quantitative estimate of drug-likeness (QED) is 0.164. The highest BCUT2D eigenvalue weighted by molar-refractivity contribution is 5.82. The summed E-state index contributed by atoms with van der Waals surface area (Å²) in [6.45, 7) is 5.69. The van der Waals surface area contributed by atoms with Gasteiger partial charge in [0, 0.05) is 19.6 Å². The maximum Gasteiger partial charge on any atom is 0.327 e. The average Bonchev–Trinajstić information content (AvgIpc) is 3.28. The van der Waals surface area contributed by atoms with Crippen molar-refractivity contribution in [2.24, 2.45) is 0 Å². The van der Waals surface area contributed by atoms with Crippen LogP contribution in [0.1, 0.15) is 43.7 Å². The van der Waals surface area contributed by atoms with E-state index in [1.54, 1.807) is 4.90 Å². The van der Waals surface area contributed by atoms with Crippen LogP contribution in [0.4, 0.5) is 5.82 Å². The minimum atomic E-state index is -0.346. The predicted molar refractivity (Wildman–Crippen MR) is 166 cm³/mol. The molecular formula is C30H46N8O5. The van der Waals surface area contributed by atoms with Gasteiger partial charge in [0.05, 0.1) is 26.7 Å². The number of aromatic nitrogens is 4. The van der Waals surface area contributed by atoms with Gasteiger partial charge in [-0.15, -0.1) is 0 Å². The molecule has 1 amide bonds. The second kappa shape index (κ2) is 16.6. The van der Waals surface area contributed by atoms with Gasteiger partial charge < -0.3 is 30.0 Å². The van der Waals surface area contributed by atoms with Crippen LogP contribution in [-0.4, -0.2) is 107 Å². The van der Waals surface area contributed by atoms with Crippen molar-refractivity contribution >= 4 is 28.9 Å². The molecule has 0 fully saturated rings. The van der Waals surface area contributed by atoms with Gasteiger partial charge in [-0.1, -0.05) is 37.6 Å². The maximum absolute atomic E-state index is 13.5. The SMILES string of the molecule is CCCCOc1nc(N)c2[nH]c(=O)n(CCCN(Cc3ccc(CC(=O)OC)cc3)C(=O)CN(C)CCCN(C)C)c2n1. The Kier molecular flexibility index (Phi) is 13.0. The Bertz CT molecular complexity index is 1390. The number of nitrogens with one attached hydrogen (secondary N) is 1. The van der Waals surface area contributed by atoms with Crippen molar-refractivity contribution in [3.63, 3.8) is 0 Å². The molecule has 0 unspecified atom stereocenters. The first kappa shape index (κ1) is 33.5. The smallest absolute Gasteiger partial charge is 0.327 e. The molecule has 13 heteroatoms.